The molecule has 0 aliphatic carbocycles. The molecule has 1 fully saturated rings. The van der Waals surface area contributed by atoms with Crippen molar-refractivity contribution in [2.24, 2.45) is 0 Å². The summed E-state index contributed by atoms with van der Waals surface area (Å²) in [6.45, 7) is 3.39. The fourth-order valence-corrected chi connectivity index (χ4v) is 2.20. The van der Waals surface area contributed by atoms with Crippen molar-refractivity contribution in [3.63, 3.8) is 0 Å². The second-order valence-electron chi connectivity index (χ2n) is 4.68. The Morgan fingerprint density at radius 1 is 1.53 bits per heavy atom. The summed E-state index contributed by atoms with van der Waals surface area (Å²) < 4.78 is 18.9. The van der Waals surface area contributed by atoms with Gasteiger partial charge in [-0.25, -0.2) is 4.39 Å². The Bertz CT molecular complexity index is 403. The van der Waals surface area contributed by atoms with Crippen molar-refractivity contribution in [2.75, 3.05) is 30.8 Å². The van der Waals surface area contributed by atoms with Gasteiger partial charge in [-0.1, -0.05) is 0 Å². The predicted octanol–water partition coefficient (Wildman–Crippen LogP) is 2.33. The molecule has 0 bridgehead atoms. The molecule has 0 radical (unpaired) electrons. The fraction of sp³-hybridized carbons (Fsp3) is 0.538. The number of aryl methyl sites for hydroxylation is 1. The molecular weight excluding hydrogens is 219 g/mol. The molecule has 1 saturated heterocycles. The van der Waals surface area contributed by atoms with Gasteiger partial charge in [-0.2, -0.15) is 0 Å². The van der Waals surface area contributed by atoms with Crippen molar-refractivity contribution in [3.05, 3.63) is 23.5 Å². The standard InChI is InChI=1S/C13H19FN2O/c1-9-6-13(12(15)7-11(9)14)16(2)8-10-4-3-5-17-10/h6-7,10H,3-5,8,15H2,1-2H3. The zero-order chi connectivity index (χ0) is 12.4. The molecule has 0 amide bonds. The topological polar surface area (TPSA) is 38.5 Å². The van der Waals surface area contributed by atoms with E-state index < -0.39 is 0 Å². The highest BCUT2D eigenvalue weighted by atomic mass is 19.1. The number of ether oxygens (including phenoxy) is 1. The van der Waals surface area contributed by atoms with Crippen molar-refractivity contribution in [3.8, 4) is 0 Å². The maximum absolute atomic E-state index is 13.3. The normalized spacial score (nSPS) is 19.6. The highest BCUT2D eigenvalue weighted by molar-refractivity contribution is 5.68. The van der Waals surface area contributed by atoms with Gasteiger partial charge in [-0.05, 0) is 37.5 Å². The predicted molar refractivity (Wildman–Crippen MR) is 67.8 cm³/mol. The molecule has 4 heteroatoms. The van der Waals surface area contributed by atoms with Crippen LogP contribution in [0.15, 0.2) is 12.1 Å². The second-order valence-corrected chi connectivity index (χ2v) is 4.68. The molecule has 0 aromatic heterocycles. The SMILES string of the molecule is Cc1cc(N(C)CC2CCCO2)c(N)cc1F. The molecule has 1 aliphatic rings. The van der Waals surface area contributed by atoms with Crippen molar-refractivity contribution in [1.82, 2.24) is 0 Å². The fourth-order valence-electron chi connectivity index (χ4n) is 2.20. The molecule has 1 atom stereocenters. The molecule has 94 valence electrons. The molecule has 1 aliphatic heterocycles. The van der Waals surface area contributed by atoms with Crippen LogP contribution in [0.5, 0.6) is 0 Å². The lowest BCUT2D eigenvalue weighted by molar-refractivity contribution is 0.116. The number of hydrogen-bond acceptors (Lipinski definition) is 3. The largest absolute Gasteiger partial charge is 0.397 e. The number of likely N-dealkylation sites (N-methyl/N-ethyl adjacent to an activating group) is 1. The van der Waals surface area contributed by atoms with Gasteiger partial charge in [0.25, 0.3) is 0 Å². The summed E-state index contributed by atoms with van der Waals surface area (Å²) in [6, 6.07) is 3.18. The van der Waals surface area contributed by atoms with Crippen LogP contribution in [-0.4, -0.2) is 26.3 Å². The minimum absolute atomic E-state index is 0.253. The molecule has 0 spiro atoms. The first-order valence-corrected chi connectivity index (χ1v) is 5.96. The van der Waals surface area contributed by atoms with Crippen LogP contribution < -0.4 is 10.6 Å². The lowest BCUT2D eigenvalue weighted by Gasteiger charge is -2.24. The highest BCUT2D eigenvalue weighted by Crippen LogP contribution is 2.26. The van der Waals surface area contributed by atoms with E-state index in [0.29, 0.717) is 11.3 Å². The summed E-state index contributed by atoms with van der Waals surface area (Å²) in [5.74, 6) is -0.253. The number of hydrogen-bond donors (Lipinski definition) is 1. The van der Waals surface area contributed by atoms with Crippen LogP contribution in [0.25, 0.3) is 0 Å². The van der Waals surface area contributed by atoms with Crippen LogP contribution in [0.4, 0.5) is 15.8 Å². The minimum Gasteiger partial charge on any atom is -0.397 e. The van der Waals surface area contributed by atoms with Gasteiger partial charge in [0, 0.05) is 20.2 Å². The highest BCUT2D eigenvalue weighted by Gasteiger charge is 2.19. The summed E-state index contributed by atoms with van der Waals surface area (Å²) in [5, 5.41) is 0. The molecular formula is C13H19FN2O. The number of anilines is 2. The van der Waals surface area contributed by atoms with Gasteiger partial charge in [0.15, 0.2) is 0 Å². The van der Waals surface area contributed by atoms with E-state index in [0.717, 1.165) is 31.7 Å². The van der Waals surface area contributed by atoms with Crippen LogP contribution >= 0.6 is 0 Å². The van der Waals surface area contributed by atoms with E-state index in [9.17, 15) is 4.39 Å². The van der Waals surface area contributed by atoms with E-state index in [2.05, 4.69) is 0 Å². The average Bonchev–Trinajstić information content (AvgIpc) is 2.76. The first-order chi connectivity index (χ1) is 8.08. The third-order valence-corrected chi connectivity index (χ3v) is 3.22. The lowest BCUT2D eigenvalue weighted by Crippen LogP contribution is -2.29. The summed E-state index contributed by atoms with van der Waals surface area (Å²) in [5.41, 5.74) is 7.82. The number of nitrogens with two attached hydrogens (primary N) is 1. The number of benzene rings is 1. The zero-order valence-corrected chi connectivity index (χ0v) is 10.4. The smallest absolute Gasteiger partial charge is 0.128 e. The molecule has 1 aromatic carbocycles. The second kappa shape index (κ2) is 4.92. The van der Waals surface area contributed by atoms with Crippen LogP contribution in [0.2, 0.25) is 0 Å². The van der Waals surface area contributed by atoms with Gasteiger partial charge in [0.1, 0.15) is 5.82 Å². The van der Waals surface area contributed by atoms with E-state index in [1.54, 1.807) is 13.0 Å². The van der Waals surface area contributed by atoms with Gasteiger partial charge in [0.05, 0.1) is 17.5 Å². The zero-order valence-electron chi connectivity index (χ0n) is 10.4. The molecule has 2 rings (SSSR count). The monoisotopic (exact) mass is 238 g/mol. The molecule has 1 aromatic rings. The summed E-state index contributed by atoms with van der Waals surface area (Å²) in [4.78, 5) is 2.04. The average molecular weight is 238 g/mol. The number of nitrogens with zero attached hydrogens (tertiary/aromatic N) is 1. The summed E-state index contributed by atoms with van der Waals surface area (Å²) >= 11 is 0. The van der Waals surface area contributed by atoms with E-state index in [-0.39, 0.29) is 11.9 Å². The Labute approximate surface area is 101 Å². The maximum atomic E-state index is 13.3. The first kappa shape index (κ1) is 12.2. The summed E-state index contributed by atoms with van der Waals surface area (Å²) in [6.07, 6.45) is 2.48. The quantitative estimate of drug-likeness (QED) is 0.821. The van der Waals surface area contributed by atoms with Gasteiger partial charge < -0.3 is 15.4 Å². The van der Waals surface area contributed by atoms with Gasteiger partial charge in [-0.3, -0.25) is 0 Å². The molecule has 17 heavy (non-hydrogen) atoms. The Morgan fingerprint density at radius 3 is 2.94 bits per heavy atom. The number of halogens is 1. The van der Waals surface area contributed by atoms with E-state index in [1.807, 2.05) is 11.9 Å². The van der Waals surface area contributed by atoms with Crippen molar-refractivity contribution in [2.45, 2.75) is 25.9 Å². The first-order valence-electron chi connectivity index (χ1n) is 5.96. The summed E-state index contributed by atoms with van der Waals surface area (Å²) in [7, 11) is 1.96. The number of rotatable bonds is 3. The number of nitrogen functional groups attached to an aromatic ring is 1. The van der Waals surface area contributed by atoms with Gasteiger partial charge in [-0.15, -0.1) is 0 Å². The van der Waals surface area contributed by atoms with Crippen molar-refractivity contribution >= 4 is 11.4 Å². The molecule has 2 N–H and O–H groups in total. The third kappa shape index (κ3) is 2.69. The Balaban J connectivity index is 2.12. The maximum Gasteiger partial charge on any atom is 0.128 e. The van der Waals surface area contributed by atoms with Crippen LogP contribution in [0, 0.1) is 12.7 Å². The van der Waals surface area contributed by atoms with Crippen LogP contribution in [-0.2, 0) is 4.74 Å². The van der Waals surface area contributed by atoms with Crippen LogP contribution in [0.3, 0.4) is 0 Å². The molecule has 3 nitrogen and oxygen atoms in total. The molecule has 1 heterocycles. The minimum atomic E-state index is -0.253. The Kier molecular flexibility index (Phi) is 3.52. The Morgan fingerprint density at radius 2 is 2.29 bits per heavy atom. The molecule has 1 unspecified atom stereocenters. The van der Waals surface area contributed by atoms with E-state index >= 15 is 0 Å². The lowest BCUT2D eigenvalue weighted by atomic mass is 10.1. The Hall–Kier alpha value is -1.29. The third-order valence-electron chi connectivity index (χ3n) is 3.22. The van der Waals surface area contributed by atoms with E-state index in [1.165, 1.54) is 6.07 Å². The molecule has 0 saturated carbocycles. The van der Waals surface area contributed by atoms with Crippen LogP contribution in [0.1, 0.15) is 18.4 Å². The van der Waals surface area contributed by atoms with Crippen molar-refractivity contribution in [1.29, 1.82) is 0 Å². The van der Waals surface area contributed by atoms with Gasteiger partial charge >= 0.3 is 0 Å². The van der Waals surface area contributed by atoms with Gasteiger partial charge in [0.2, 0.25) is 0 Å². The van der Waals surface area contributed by atoms with E-state index in [4.69, 9.17) is 10.5 Å². The van der Waals surface area contributed by atoms with Crippen molar-refractivity contribution < 1.29 is 9.13 Å².